The van der Waals surface area contributed by atoms with Gasteiger partial charge in [0.1, 0.15) is 0 Å². The molecule has 4 nitrogen and oxygen atoms in total. The molecule has 1 spiro atoms. The van der Waals surface area contributed by atoms with E-state index >= 15 is 0 Å². The van der Waals surface area contributed by atoms with Gasteiger partial charge in [-0.3, -0.25) is 9.78 Å². The van der Waals surface area contributed by atoms with Crippen molar-refractivity contribution in [3.63, 3.8) is 0 Å². The van der Waals surface area contributed by atoms with Crippen LogP contribution in [0.3, 0.4) is 0 Å². The van der Waals surface area contributed by atoms with Crippen LogP contribution in [0.5, 0.6) is 0 Å². The van der Waals surface area contributed by atoms with E-state index in [2.05, 4.69) is 46.6 Å². The van der Waals surface area contributed by atoms with Gasteiger partial charge in [-0.05, 0) is 80.9 Å². The molecule has 1 aromatic carbocycles. The molecule has 2 aliphatic heterocycles. The maximum absolute atomic E-state index is 14.5. The molecule has 2 aliphatic carbocycles. The zero-order chi connectivity index (χ0) is 25.6. The summed E-state index contributed by atoms with van der Waals surface area (Å²) in [5.74, 6) is -1.95. The summed E-state index contributed by atoms with van der Waals surface area (Å²) in [6, 6.07) is 14.9. The molecule has 3 heterocycles. The maximum atomic E-state index is 14.5. The first-order valence-corrected chi connectivity index (χ1v) is 14.3. The third kappa shape index (κ3) is 4.60. The minimum atomic E-state index is -2.56. The van der Waals surface area contributed by atoms with Gasteiger partial charge in [-0.15, -0.1) is 0 Å². The van der Waals surface area contributed by atoms with E-state index in [1.807, 2.05) is 13.0 Å². The van der Waals surface area contributed by atoms with Gasteiger partial charge in [0, 0.05) is 55.3 Å². The fourth-order valence-corrected chi connectivity index (χ4v) is 7.98. The van der Waals surface area contributed by atoms with E-state index in [4.69, 9.17) is 4.98 Å². The molecular weight excluding hydrogens is 468 g/mol. The molecular formula is C31H39F2N3O. The Labute approximate surface area is 219 Å². The molecule has 6 rings (SSSR count). The van der Waals surface area contributed by atoms with Crippen molar-refractivity contribution >= 4 is 5.91 Å². The molecule has 4 unspecified atom stereocenters. The van der Waals surface area contributed by atoms with Crippen molar-refractivity contribution in [3.8, 4) is 0 Å². The van der Waals surface area contributed by atoms with E-state index in [1.54, 1.807) is 0 Å². The Bertz CT molecular complexity index is 1130. The molecule has 2 aromatic rings. The van der Waals surface area contributed by atoms with Crippen molar-refractivity contribution in [2.45, 2.75) is 88.0 Å². The number of carbonyl (C=O) groups is 1. The molecule has 1 aromatic heterocycles. The second-order valence-electron chi connectivity index (χ2n) is 12.1. The third-order valence-electron chi connectivity index (χ3n) is 9.95. The first-order chi connectivity index (χ1) is 17.9. The molecule has 1 saturated carbocycles. The van der Waals surface area contributed by atoms with Crippen LogP contribution in [0.15, 0.2) is 42.5 Å². The third-order valence-corrected chi connectivity index (χ3v) is 9.95. The summed E-state index contributed by atoms with van der Waals surface area (Å²) in [5.41, 5.74) is 4.53. The van der Waals surface area contributed by atoms with Crippen LogP contribution in [0.25, 0.3) is 0 Å². The highest BCUT2D eigenvalue weighted by atomic mass is 19.3. The van der Waals surface area contributed by atoms with Crippen molar-refractivity contribution in [1.29, 1.82) is 0 Å². The minimum Gasteiger partial charge on any atom is -0.339 e. The molecule has 1 N–H and O–H groups in total. The number of nitrogens with zero attached hydrogens (tertiary/aromatic N) is 2. The van der Waals surface area contributed by atoms with Crippen LogP contribution in [0, 0.1) is 18.8 Å². The van der Waals surface area contributed by atoms with Crippen LogP contribution in [0.4, 0.5) is 8.78 Å². The highest BCUT2D eigenvalue weighted by molar-refractivity contribution is 5.82. The van der Waals surface area contributed by atoms with Gasteiger partial charge in [0.2, 0.25) is 11.8 Å². The number of aryl methyl sites for hydroxylation is 2. The summed E-state index contributed by atoms with van der Waals surface area (Å²) in [6.45, 7) is 4.23. The number of carbonyl (C=O) groups excluding carboxylic acids is 1. The van der Waals surface area contributed by atoms with Gasteiger partial charge < -0.3 is 10.2 Å². The number of halogens is 2. The van der Waals surface area contributed by atoms with Crippen LogP contribution >= 0.6 is 0 Å². The van der Waals surface area contributed by atoms with Gasteiger partial charge in [0.05, 0.1) is 5.92 Å². The average Bonchev–Trinajstić information content (AvgIpc) is 3.32. The molecule has 4 aliphatic rings. The number of nitrogens with one attached hydrogen (secondary N) is 1. The lowest BCUT2D eigenvalue weighted by Gasteiger charge is -2.48. The number of pyridine rings is 1. The Morgan fingerprint density at radius 1 is 1.05 bits per heavy atom. The molecule has 198 valence electrons. The molecule has 1 amide bonds. The number of aromatic nitrogens is 1. The number of likely N-dealkylation sites (tertiary alicyclic amines) is 1. The molecule has 6 heteroatoms. The second-order valence-corrected chi connectivity index (χ2v) is 12.1. The largest absolute Gasteiger partial charge is 0.339 e. The van der Waals surface area contributed by atoms with Crippen molar-refractivity contribution in [1.82, 2.24) is 15.2 Å². The highest BCUT2D eigenvalue weighted by Gasteiger charge is 2.53. The summed E-state index contributed by atoms with van der Waals surface area (Å²) >= 11 is 0. The summed E-state index contributed by atoms with van der Waals surface area (Å²) in [7, 11) is 0. The number of rotatable bonds is 3. The molecule has 2 saturated heterocycles. The Morgan fingerprint density at radius 3 is 2.62 bits per heavy atom. The van der Waals surface area contributed by atoms with Crippen LogP contribution in [-0.2, 0) is 16.6 Å². The summed E-state index contributed by atoms with van der Waals surface area (Å²) < 4.78 is 28.2. The standard InChI is InChI=1S/C31H39F2N3O/c1-21-9-10-25-27(35-21)8-5-14-30(25)20-34-19-26(30)29(37)36-17-13-24(22-6-3-2-4-7-22)18-28(36)23-11-15-31(32,33)16-12-23/h2-4,6-7,9-10,23-24,26,28,34H,5,8,11-20H2,1H3. The quantitative estimate of drug-likeness (QED) is 0.573. The van der Waals surface area contributed by atoms with Crippen molar-refractivity contribution in [2.24, 2.45) is 11.8 Å². The van der Waals surface area contributed by atoms with Gasteiger partial charge >= 0.3 is 0 Å². The van der Waals surface area contributed by atoms with Crippen LogP contribution in [-0.4, -0.2) is 47.4 Å². The normalized spacial score (nSPS) is 31.9. The Morgan fingerprint density at radius 2 is 1.84 bits per heavy atom. The zero-order valence-corrected chi connectivity index (χ0v) is 21.9. The van der Waals surface area contributed by atoms with Crippen molar-refractivity contribution in [3.05, 3.63) is 65.0 Å². The van der Waals surface area contributed by atoms with Crippen LogP contribution in [0.2, 0.25) is 0 Å². The number of benzene rings is 1. The van der Waals surface area contributed by atoms with Gasteiger partial charge in [0.15, 0.2) is 0 Å². The predicted molar refractivity (Wildman–Crippen MR) is 141 cm³/mol. The molecule has 0 bridgehead atoms. The summed E-state index contributed by atoms with van der Waals surface area (Å²) in [5, 5.41) is 3.57. The molecule has 0 radical (unpaired) electrons. The lowest BCUT2D eigenvalue weighted by atomic mass is 9.64. The fourth-order valence-electron chi connectivity index (χ4n) is 7.98. The maximum Gasteiger partial charge on any atom is 0.248 e. The average molecular weight is 508 g/mol. The van der Waals surface area contributed by atoms with Crippen molar-refractivity contribution < 1.29 is 13.6 Å². The number of alkyl halides is 2. The van der Waals surface area contributed by atoms with Crippen LogP contribution in [0.1, 0.15) is 79.8 Å². The molecule has 37 heavy (non-hydrogen) atoms. The van der Waals surface area contributed by atoms with Gasteiger partial charge in [-0.1, -0.05) is 36.4 Å². The molecule has 4 atom stereocenters. The predicted octanol–water partition coefficient (Wildman–Crippen LogP) is 5.78. The topological polar surface area (TPSA) is 45.2 Å². The highest BCUT2D eigenvalue weighted by Crippen LogP contribution is 2.48. The van der Waals surface area contributed by atoms with E-state index < -0.39 is 5.92 Å². The smallest absolute Gasteiger partial charge is 0.248 e. The van der Waals surface area contributed by atoms with Gasteiger partial charge in [-0.2, -0.15) is 0 Å². The zero-order valence-electron chi connectivity index (χ0n) is 21.9. The minimum absolute atomic E-state index is 0.0272. The Balaban J connectivity index is 1.30. The van der Waals surface area contributed by atoms with Crippen molar-refractivity contribution in [2.75, 3.05) is 19.6 Å². The molecule has 3 fully saturated rings. The lowest BCUT2D eigenvalue weighted by molar-refractivity contribution is -0.144. The lowest BCUT2D eigenvalue weighted by Crippen LogP contribution is -2.55. The van der Waals surface area contributed by atoms with E-state index in [1.165, 1.54) is 11.1 Å². The fraction of sp³-hybridized carbons (Fsp3) is 0.613. The number of hydrogen-bond acceptors (Lipinski definition) is 3. The van der Waals surface area contributed by atoms with Crippen LogP contribution < -0.4 is 5.32 Å². The first kappa shape index (κ1) is 25.0. The first-order valence-electron chi connectivity index (χ1n) is 14.3. The second kappa shape index (κ2) is 9.76. The number of amides is 1. The summed E-state index contributed by atoms with van der Waals surface area (Å²) in [4.78, 5) is 21.5. The van der Waals surface area contributed by atoms with E-state index in [9.17, 15) is 13.6 Å². The van der Waals surface area contributed by atoms with Gasteiger partial charge in [-0.25, -0.2) is 8.78 Å². The Kier molecular flexibility index (Phi) is 6.58. The number of fused-ring (bicyclic) bond motifs is 2. The number of hydrogen-bond donors (Lipinski definition) is 1. The Hall–Kier alpha value is -2.34. The monoisotopic (exact) mass is 507 g/mol. The SMILES string of the molecule is Cc1ccc2c(n1)CCCC21CNCC1C(=O)N1CCC(c2ccccc2)CC1C1CCC(F)(F)CC1. The van der Waals surface area contributed by atoms with E-state index in [-0.39, 0.29) is 42.0 Å². The van der Waals surface area contributed by atoms with E-state index in [0.29, 0.717) is 31.8 Å². The number of piperidine rings is 1. The van der Waals surface area contributed by atoms with E-state index in [0.717, 1.165) is 50.0 Å². The summed E-state index contributed by atoms with van der Waals surface area (Å²) in [6.07, 6.45) is 5.71. The van der Waals surface area contributed by atoms with Gasteiger partial charge in [0.25, 0.3) is 0 Å².